The first-order valence-corrected chi connectivity index (χ1v) is 6.83. The van der Waals surface area contributed by atoms with Crippen molar-refractivity contribution in [2.45, 2.75) is 38.6 Å². The predicted octanol–water partition coefficient (Wildman–Crippen LogP) is 2.52. The Labute approximate surface area is 123 Å². The van der Waals surface area contributed by atoms with Crippen molar-refractivity contribution >= 4 is 17.7 Å². The summed E-state index contributed by atoms with van der Waals surface area (Å²) in [5.74, 6) is -1.04. The number of nitrogens with one attached hydrogen (secondary N) is 2. The minimum Gasteiger partial charge on any atom is -0.480 e. The maximum Gasteiger partial charge on any atom is 0.326 e. The SMILES string of the molecule is CCCCC(NC(=O)Nc1ccc(CC#N)cc1)C(=O)O. The molecule has 6 heteroatoms. The van der Waals surface area contributed by atoms with E-state index < -0.39 is 18.0 Å². The molecular formula is C15H19N3O3. The maximum atomic E-state index is 11.8. The van der Waals surface area contributed by atoms with Gasteiger partial charge in [-0.25, -0.2) is 9.59 Å². The molecule has 0 spiro atoms. The van der Waals surface area contributed by atoms with Crippen LogP contribution < -0.4 is 10.6 Å². The van der Waals surface area contributed by atoms with E-state index in [1.165, 1.54) is 0 Å². The molecule has 21 heavy (non-hydrogen) atoms. The third-order valence-electron chi connectivity index (χ3n) is 2.94. The first-order chi connectivity index (χ1) is 10.1. The van der Waals surface area contributed by atoms with E-state index >= 15 is 0 Å². The monoisotopic (exact) mass is 289 g/mol. The number of anilines is 1. The van der Waals surface area contributed by atoms with Crippen molar-refractivity contribution in [1.82, 2.24) is 5.32 Å². The number of nitrogens with zero attached hydrogens (tertiary/aromatic N) is 1. The number of aliphatic carboxylic acids is 1. The summed E-state index contributed by atoms with van der Waals surface area (Å²) in [5.41, 5.74) is 1.41. The number of carboxylic acid groups (broad SMARTS) is 1. The van der Waals surface area contributed by atoms with Crippen LogP contribution in [0, 0.1) is 11.3 Å². The number of urea groups is 1. The van der Waals surface area contributed by atoms with E-state index in [2.05, 4.69) is 10.6 Å². The number of amides is 2. The quantitative estimate of drug-likeness (QED) is 0.717. The molecule has 0 aliphatic heterocycles. The highest BCUT2D eigenvalue weighted by atomic mass is 16.4. The van der Waals surface area contributed by atoms with Gasteiger partial charge in [0.25, 0.3) is 0 Å². The molecule has 3 N–H and O–H groups in total. The molecule has 0 aromatic heterocycles. The molecule has 0 fully saturated rings. The highest BCUT2D eigenvalue weighted by Gasteiger charge is 2.18. The van der Waals surface area contributed by atoms with Crippen LogP contribution in [-0.4, -0.2) is 23.1 Å². The van der Waals surface area contributed by atoms with Crippen LogP contribution in [0.1, 0.15) is 31.7 Å². The summed E-state index contributed by atoms with van der Waals surface area (Å²) in [6.07, 6.45) is 2.32. The van der Waals surface area contributed by atoms with Gasteiger partial charge in [-0.1, -0.05) is 31.9 Å². The Morgan fingerprint density at radius 2 is 2.00 bits per heavy atom. The van der Waals surface area contributed by atoms with E-state index in [4.69, 9.17) is 10.4 Å². The number of hydrogen-bond acceptors (Lipinski definition) is 3. The summed E-state index contributed by atoms with van der Waals surface area (Å²) >= 11 is 0. The van der Waals surface area contributed by atoms with Crippen molar-refractivity contribution in [2.24, 2.45) is 0 Å². The van der Waals surface area contributed by atoms with Gasteiger partial charge < -0.3 is 15.7 Å². The Morgan fingerprint density at radius 1 is 1.33 bits per heavy atom. The Balaban J connectivity index is 2.55. The average Bonchev–Trinajstić information content (AvgIpc) is 2.45. The fourth-order valence-corrected chi connectivity index (χ4v) is 1.79. The van der Waals surface area contributed by atoms with Gasteiger partial charge in [-0.3, -0.25) is 0 Å². The third kappa shape index (κ3) is 5.95. The molecule has 0 heterocycles. The molecule has 0 aliphatic rings. The second-order valence-corrected chi connectivity index (χ2v) is 4.66. The summed E-state index contributed by atoms with van der Waals surface area (Å²) in [7, 11) is 0. The summed E-state index contributed by atoms with van der Waals surface area (Å²) in [6.45, 7) is 1.96. The lowest BCUT2D eigenvalue weighted by Gasteiger charge is -2.14. The largest absolute Gasteiger partial charge is 0.480 e. The number of nitriles is 1. The zero-order valence-electron chi connectivity index (χ0n) is 11.9. The molecular weight excluding hydrogens is 270 g/mol. The Hall–Kier alpha value is -2.55. The van der Waals surface area contributed by atoms with Gasteiger partial charge in [0.05, 0.1) is 12.5 Å². The highest BCUT2D eigenvalue weighted by Crippen LogP contribution is 2.10. The minimum atomic E-state index is -1.04. The van der Waals surface area contributed by atoms with Crippen LogP contribution in [0.2, 0.25) is 0 Å². The van der Waals surface area contributed by atoms with Crippen LogP contribution >= 0.6 is 0 Å². The van der Waals surface area contributed by atoms with Crippen LogP contribution in [0.15, 0.2) is 24.3 Å². The Morgan fingerprint density at radius 3 is 2.52 bits per heavy atom. The number of carboxylic acids is 1. The molecule has 0 saturated heterocycles. The maximum absolute atomic E-state index is 11.8. The second-order valence-electron chi connectivity index (χ2n) is 4.66. The van der Waals surface area contributed by atoms with Gasteiger partial charge in [0.15, 0.2) is 0 Å². The van der Waals surface area contributed by atoms with Crippen molar-refractivity contribution in [3.8, 4) is 6.07 Å². The predicted molar refractivity (Wildman–Crippen MR) is 78.9 cm³/mol. The number of hydrogen-bond donors (Lipinski definition) is 3. The molecule has 112 valence electrons. The van der Waals surface area contributed by atoms with Gasteiger partial charge in [-0.15, -0.1) is 0 Å². The summed E-state index contributed by atoms with van der Waals surface area (Å²) in [6, 6.07) is 7.43. The van der Waals surface area contributed by atoms with Gasteiger partial charge in [0.2, 0.25) is 0 Å². The average molecular weight is 289 g/mol. The lowest BCUT2D eigenvalue weighted by Crippen LogP contribution is -2.42. The summed E-state index contributed by atoms with van der Waals surface area (Å²) in [4.78, 5) is 22.8. The first kappa shape index (κ1) is 16.5. The third-order valence-corrected chi connectivity index (χ3v) is 2.94. The van der Waals surface area contributed by atoms with Crippen molar-refractivity contribution in [1.29, 1.82) is 5.26 Å². The summed E-state index contributed by atoms with van der Waals surface area (Å²) < 4.78 is 0. The molecule has 1 atom stereocenters. The fourth-order valence-electron chi connectivity index (χ4n) is 1.79. The molecule has 0 radical (unpaired) electrons. The lowest BCUT2D eigenvalue weighted by molar-refractivity contribution is -0.139. The number of benzene rings is 1. The van der Waals surface area contributed by atoms with Crippen LogP contribution in [0.4, 0.5) is 10.5 Å². The van der Waals surface area contributed by atoms with E-state index in [1.54, 1.807) is 24.3 Å². The zero-order valence-corrected chi connectivity index (χ0v) is 11.9. The normalized spacial score (nSPS) is 11.2. The number of carbonyl (C=O) groups excluding carboxylic acids is 1. The van der Waals surface area contributed by atoms with E-state index in [9.17, 15) is 9.59 Å². The van der Waals surface area contributed by atoms with Crippen molar-refractivity contribution in [3.63, 3.8) is 0 Å². The topological polar surface area (TPSA) is 102 Å². The molecule has 1 aromatic rings. The molecule has 1 rings (SSSR count). The smallest absolute Gasteiger partial charge is 0.326 e. The van der Waals surface area contributed by atoms with E-state index in [0.717, 1.165) is 18.4 Å². The molecule has 2 amide bonds. The highest BCUT2D eigenvalue weighted by molar-refractivity contribution is 5.92. The fraction of sp³-hybridized carbons (Fsp3) is 0.400. The van der Waals surface area contributed by atoms with E-state index in [1.807, 2.05) is 13.0 Å². The van der Waals surface area contributed by atoms with Crippen molar-refractivity contribution in [2.75, 3.05) is 5.32 Å². The van der Waals surface area contributed by atoms with E-state index in [0.29, 0.717) is 18.5 Å². The summed E-state index contributed by atoms with van der Waals surface area (Å²) in [5, 5.41) is 22.6. The van der Waals surface area contributed by atoms with Crippen molar-refractivity contribution < 1.29 is 14.7 Å². The molecule has 0 aliphatic carbocycles. The van der Waals surface area contributed by atoms with Crippen LogP contribution in [0.25, 0.3) is 0 Å². The van der Waals surface area contributed by atoms with Gasteiger partial charge in [0, 0.05) is 5.69 Å². The van der Waals surface area contributed by atoms with Gasteiger partial charge in [0.1, 0.15) is 6.04 Å². The number of unbranched alkanes of at least 4 members (excludes halogenated alkanes) is 1. The second kappa shape index (κ2) is 8.59. The molecule has 6 nitrogen and oxygen atoms in total. The molecule has 1 unspecified atom stereocenters. The lowest BCUT2D eigenvalue weighted by atomic mass is 10.1. The zero-order chi connectivity index (χ0) is 15.7. The van der Waals surface area contributed by atoms with Gasteiger partial charge in [-0.05, 0) is 24.1 Å². The van der Waals surface area contributed by atoms with Crippen LogP contribution in [-0.2, 0) is 11.2 Å². The molecule has 0 saturated carbocycles. The van der Waals surface area contributed by atoms with Gasteiger partial charge >= 0.3 is 12.0 Å². The van der Waals surface area contributed by atoms with E-state index in [-0.39, 0.29) is 0 Å². The number of rotatable bonds is 7. The van der Waals surface area contributed by atoms with Gasteiger partial charge in [-0.2, -0.15) is 5.26 Å². The number of carbonyl (C=O) groups is 2. The van der Waals surface area contributed by atoms with Crippen LogP contribution in [0.5, 0.6) is 0 Å². The Bertz CT molecular complexity index is 520. The Kier molecular flexibility index (Phi) is 6.75. The van der Waals surface area contributed by atoms with Crippen molar-refractivity contribution in [3.05, 3.63) is 29.8 Å². The molecule has 0 bridgehead atoms. The molecule has 1 aromatic carbocycles. The minimum absolute atomic E-state index is 0.310. The first-order valence-electron chi connectivity index (χ1n) is 6.83. The van der Waals surface area contributed by atoms with Crippen LogP contribution in [0.3, 0.4) is 0 Å². The standard InChI is InChI=1S/C15H19N3O3/c1-2-3-4-13(14(19)20)18-15(21)17-12-7-5-11(6-8-12)9-10-16/h5-8,13H,2-4,9H2,1H3,(H,19,20)(H2,17,18,21).